The van der Waals surface area contributed by atoms with Crippen LogP contribution in [0, 0.1) is 0 Å². The fraction of sp³-hybridized carbons (Fsp3) is 1.00. The molecule has 0 spiro atoms. The molecule has 0 aromatic heterocycles. The van der Waals surface area contributed by atoms with Gasteiger partial charge in [-0.25, -0.2) is 13.2 Å². The molecule has 1 unspecified atom stereocenters. The first kappa shape index (κ1) is 7.71. The summed E-state index contributed by atoms with van der Waals surface area (Å²) in [7, 11) is 0. The number of hydrogen-bond acceptors (Lipinski definition) is 2. The minimum atomic E-state index is -3.32. The van der Waals surface area contributed by atoms with E-state index in [9.17, 15) is 13.2 Å². The van der Waals surface area contributed by atoms with Crippen molar-refractivity contribution in [3.63, 3.8) is 0 Å². The molecule has 0 aromatic carbocycles. The Morgan fingerprint density at radius 2 is 1.38 bits per heavy atom. The topological polar surface area (TPSA) is 40.5 Å². The molecular formula is C3H5F3O2. The van der Waals surface area contributed by atoms with Gasteiger partial charge in [-0.1, -0.05) is 0 Å². The molecule has 50 valence electrons. The fourth-order valence-electron chi connectivity index (χ4n) is 0.130. The lowest BCUT2D eigenvalue weighted by molar-refractivity contribution is -0.136. The van der Waals surface area contributed by atoms with Gasteiger partial charge in [0.25, 0.3) is 6.43 Å². The number of hydrogen-bond donors (Lipinski definition) is 2. The first-order valence-corrected chi connectivity index (χ1v) is 1.84. The zero-order chi connectivity index (χ0) is 6.73. The minimum Gasteiger partial charge on any atom is -0.366 e. The predicted octanol–water partition coefficient (Wildman–Crippen LogP) is -0.0997. The maximum Gasteiger partial charge on any atom is 0.274 e. The van der Waals surface area contributed by atoms with E-state index < -0.39 is 18.9 Å². The molecule has 2 N–H and O–H groups in total. The summed E-state index contributed by atoms with van der Waals surface area (Å²) < 4.78 is 33.4. The quantitative estimate of drug-likeness (QED) is 0.512. The monoisotopic (exact) mass is 130 g/mol. The molecule has 2 nitrogen and oxygen atoms in total. The van der Waals surface area contributed by atoms with E-state index in [0.29, 0.717) is 0 Å². The molecule has 0 rings (SSSR count). The summed E-state index contributed by atoms with van der Waals surface area (Å²) in [6.45, 7) is 0. The average Bonchev–Trinajstić information content (AvgIpc) is 1.64. The summed E-state index contributed by atoms with van der Waals surface area (Å²) in [5, 5.41) is 15.4. The number of aliphatic hydroxyl groups is 2. The summed E-state index contributed by atoms with van der Waals surface area (Å²) in [5.41, 5.74) is 0. The maximum absolute atomic E-state index is 11.4. The van der Waals surface area contributed by atoms with E-state index in [1.54, 1.807) is 0 Å². The normalized spacial score (nSPS) is 15.4. The van der Waals surface area contributed by atoms with Crippen LogP contribution in [0.1, 0.15) is 0 Å². The molecule has 0 saturated carbocycles. The molecule has 0 saturated heterocycles. The van der Waals surface area contributed by atoms with Gasteiger partial charge in [0.2, 0.25) is 6.17 Å². The maximum atomic E-state index is 11.4. The van der Waals surface area contributed by atoms with Crippen molar-refractivity contribution in [3.05, 3.63) is 0 Å². The molecular weight excluding hydrogens is 125 g/mol. The third-order valence-corrected chi connectivity index (χ3v) is 0.526. The highest BCUT2D eigenvalue weighted by molar-refractivity contribution is 4.58. The Morgan fingerprint density at radius 3 is 1.38 bits per heavy atom. The summed E-state index contributed by atoms with van der Waals surface area (Å²) >= 11 is 0. The van der Waals surface area contributed by atoms with Crippen LogP contribution in [0.2, 0.25) is 0 Å². The molecule has 0 aliphatic heterocycles. The Kier molecular flexibility index (Phi) is 2.78. The molecule has 0 aromatic rings. The second kappa shape index (κ2) is 2.88. The minimum absolute atomic E-state index is 2.57. The zero-order valence-electron chi connectivity index (χ0n) is 3.76. The van der Waals surface area contributed by atoms with Crippen molar-refractivity contribution in [3.8, 4) is 0 Å². The van der Waals surface area contributed by atoms with Gasteiger partial charge in [0, 0.05) is 0 Å². The van der Waals surface area contributed by atoms with Gasteiger partial charge in [-0.3, -0.25) is 0 Å². The molecule has 0 aliphatic carbocycles. The van der Waals surface area contributed by atoms with E-state index >= 15 is 0 Å². The standard InChI is InChI=1S/C3H5F3O2/c4-1(2(5)6)3(7)8/h1-3,7-8H. The van der Waals surface area contributed by atoms with Gasteiger partial charge in [0.1, 0.15) is 0 Å². The number of rotatable bonds is 2. The molecule has 0 heterocycles. The lowest BCUT2D eigenvalue weighted by Gasteiger charge is -2.06. The van der Waals surface area contributed by atoms with Crippen molar-refractivity contribution in [2.75, 3.05) is 0 Å². The molecule has 0 radical (unpaired) electrons. The van der Waals surface area contributed by atoms with Gasteiger partial charge in [0.15, 0.2) is 6.29 Å². The van der Waals surface area contributed by atoms with Crippen LogP contribution in [-0.4, -0.2) is 29.1 Å². The van der Waals surface area contributed by atoms with E-state index in [2.05, 4.69) is 0 Å². The summed E-state index contributed by atoms with van der Waals surface area (Å²) in [4.78, 5) is 0. The van der Waals surface area contributed by atoms with Gasteiger partial charge in [-0.2, -0.15) is 0 Å². The van der Waals surface area contributed by atoms with E-state index in [0.717, 1.165) is 0 Å². The SMILES string of the molecule is OC(O)C(F)C(F)F. The Balaban J connectivity index is 3.46. The first-order chi connectivity index (χ1) is 3.55. The van der Waals surface area contributed by atoms with Crippen LogP contribution in [0.25, 0.3) is 0 Å². The van der Waals surface area contributed by atoms with Crippen LogP contribution in [0.15, 0.2) is 0 Å². The van der Waals surface area contributed by atoms with Gasteiger partial charge in [-0.15, -0.1) is 0 Å². The largest absolute Gasteiger partial charge is 0.366 e. The van der Waals surface area contributed by atoms with Gasteiger partial charge in [0.05, 0.1) is 0 Å². The smallest absolute Gasteiger partial charge is 0.274 e. The highest BCUT2D eigenvalue weighted by atomic mass is 19.3. The number of alkyl halides is 3. The second-order valence-corrected chi connectivity index (χ2v) is 1.19. The van der Waals surface area contributed by atoms with Crippen molar-refractivity contribution in [2.45, 2.75) is 18.9 Å². The second-order valence-electron chi connectivity index (χ2n) is 1.19. The molecule has 0 amide bonds. The Morgan fingerprint density at radius 1 is 1.00 bits per heavy atom. The van der Waals surface area contributed by atoms with Crippen molar-refractivity contribution in [1.82, 2.24) is 0 Å². The molecule has 0 fully saturated rings. The van der Waals surface area contributed by atoms with E-state index in [-0.39, 0.29) is 0 Å². The van der Waals surface area contributed by atoms with Gasteiger partial charge < -0.3 is 10.2 Å². The summed E-state index contributed by atoms with van der Waals surface area (Å²) in [6, 6.07) is 0. The molecule has 0 bridgehead atoms. The first-order valence-electron chi connectivity index (χ1n) is 1.84. The zero-order valence-corrected chi connectivity index (χ0v) is 3.76. The van der Waals surface area contributed by atoms with Crippen LogP contribution in [0.5, 0.6) is 0 Å². The molecule has 1 atom stereocenters. The van der Waals surface area contributed by atoms with E-state index in [4.69, 9.17) is 10.2 Å². The Bertz CT molecular complexity index is 57.5. The van der Waals surface area contributed by atoms with Crippen molar-refractivity contribution >= 4 is 0 Å². The number of halogens is 3. The lowest BCUT2D eigenvalue weighted by atomic mass is 10.4. The average molecular weight is 130 g/mol. The van der Waals surface area contributed by atoms with E-state index in [1.165, 1.54) is 0 Å². The summed E-state index contributed by atoms with van der Waals surface area (Å²) in [5.74, 6) is 0. The van der Waals surface area contributed by atoms with Crippen LogP contribution in [0.4, 0.5) is 13.2 Å². The van der Waals surface area contributed by atoms with Crippen LogP contribution in [0.3, 0.4) is 0 Å². The highest BCUT2D eigenvalue weighted by Crippen LogP contribution is 2.07. The highest BCUT2D eigenvalue weighted by Gasteiger charge is 2.25. The molecule has 5 heteroatoms. The van der Waals surface area contributed by atoms with E-state index in [1.807, 2.05) is 0 Å². The van der Waals surface area contributed by atoms with Crippen LogP contribution >= 0.6 is 0 Å². The van der Waals surface area contributed by atoms with Gasteiger partial charge in [-0.05, 0) is 0 Å². The van der Waals surface area contributed by atoms with Gasteiger partial charge >= 0.3 is 0 Å². The Labute approximate surface area is 43.6 Å². The molecule has 8 heavy (non-hydrogen) atoms. The van der Waals surface area contributed by atoms with Crippen molar-refractivity contribution in [2.24, 2.45) is 0 Å². The predicted molar refractivity (Wildman–Crippen MR) is 19.1 cm³/mol. The summed E-state index contributed by atoms with van der Waals surface area (Å²) in [6.07, 6.45) is -8.75. The lowest BCUT2D eigenvalue weighted by Crippen LogP contribution is -2.27. The fourth-order valence-corrected chi connectivity index (χ4v) is 0.130. The van der Waals surface area contributed by atoms with Crippen molar-refractivity contribution < 1.29 is 23.4 Å². The molecule has 0 aliphatic rings. The van der Waals surface area contributed by atoms with Crippen molar-refractivity contribution in [1.29, 1.82) is 0 Å². The number of aliphatic hydroxyl groups excluding tert-OH is 1. The third kappa shape index (κ3) is 2.13. The van der Waals surface area contributed by atoms with Crippen LogP contribution < -0.4 is 0 Å². The Hall–Kier alpha value is -0.290. The third-order valence-electron chi connectivity index (χ3n) is 0.526. The van der Waals surface area contributed by atoms with Crippen LogP contribution in [-0.2, 0) is 0 Å².